The highest BCUT2D eigenvalue weighted by molar-refractivity contribution is 7.18. The van der Waals surface area contributed by atoms with E-state index in [1.54, 1.807) is 19.3 Å². The molecule has 0 saturated heterocycles. The molecule has 3 rings (SSSR count). The first kappa shape index (κ1) is 13.2. The van der Waals surface area contributed by atoms with E-state index in [4.69, 9.17) is 0 Å². The Bertz CT molecular complexity index is 763. The van der Waals surface area contributed by atoms with Crippen LogP contribution in [0.15, 0.2) is 18.5 Å². The van der Waals surface area contributed by atoms with Gasteiger partial charge in [-0.3, -0.25) is 0 Å². The van der Waals surface area contributed by atoms with E-state index in [2.05, 4.69) is 9.97 Å². The van der Waals surface area contributed by atoms with Gasteiger partial charge in [0.1, 0.15) is 11.3 Å². The van der Waals surface area contributed by atoms with Crippen LogP contribution in [0.4, 0.5) is 13.2 Å². The van der Waals surface area contributed by atoms with Gasteiger partial charge in [0.05, 0.1) is 9.71 Å². The summed E-state index contributed by atoms with van der Waals surface area (Å²) >= 11 is 1.07. The van der Waals surface area contributed by atoms with Crippen LogP contribution in [0.2, 0.25) is 0 Å². The van der Waals surface area contributed by atoms with Gasteiger partial charge >= 0.3 is 0 Å². The molecular weight excluding hydrogens is 285 g/mol. The molecule has 0 fully saturated rings. The predicted octanol–water partition coefficient (Wildman–Crippen LogP) is 4.19. The van der Waals surface area contributed by atoms with E-state index in [1.165, 1.54) is 0 Å². The van der Waals surface area contributed by atoms with Crippen molar-refractivity contribution in [3.05, 3.63) is 52.0 Å². The Morgan fingerprint density at radius 1 is 1.20 bits per heavy atom. The number of thiazole rings is 1. The monoisotopic (exact) mass is 296 g/mol. The summed E-state index contributed by atoms with van der Waals surface area (Å²) in [5.41, 5.74) is 0.528. The van der Waals surface area contributed by atoms with Gasteiger partial charge in [0, 0.05) is 24.4 Å². The van der Waals surface area contributed by atoms with E-state index < -0.39 is 17.5 Å². The first-order valence-electron chi connectivity index (χ1n) is 6.18. The van der Waals surface area contributed by atoms with Gasteiger partial charge in [-0.25, -0.2) is 18.2 Å². The van der Waals surface area contributed by atoms with E-state index in [0.29, 0.717) is 11.4 Å². The van der Waals surface area contributed by atoms with E-state index in [9.17, 15) is 13.2 Å². The third-order valence-electron chi connectivity index (χ3n) is 3.17. The van der Waals surface area contributed by atoms with Gasteiger partial charge in [0.2, 0.25) is 0 Å². The zero-order valence-corrected chi connectivity index (χ0v) is 11.5. The minimum atomic E-state index is -1.13. The average molecular weight is 296 g/mol. The zero-order chi connectivity index (χ0) is 14.3. The molecule has 0 aliphatic rings. The van der Waals surface area contributed by atoms with Crippen molar-refractivity contribution in [1.29, 1.82) is 0 Å². The van der Waals surface area contributed by atoms with Crippen molar-refractivity contribution in [2.45, 2.75) is 19.8 Å². The molecule has 6 heteroatoms. The van der Waals surface area contributed by atoms with Crippen molar-refractivity contribution in [2.75, 3.05) is 0 Å². The maximum Gasteiger partial charge on any atom is 0.186 e. The van der Waals surface area contributed by atoms with E-state index in [-0.39, 0.29) is 22.2 Å². The number of nitrogens with one attached hydrogen (secondary N) is 1. The largest absolute Gasteiger partial charge is 0.367 e. The Hall–Kier alpha value is -1.82. The van der Waals surface area contributed by atoms with Crippen LogP contribution in [0.1, 0.15) is 23.1 Å². The number of aromatic amines is 1. The molecule has 0 bridgehead atoms. The molecule has 0 saturated carbocycles. The minimum Gasteiger partial charge on any atom is -0.367 e. The van der Waals surface area contributed by atoms with Crippen molar-refractivity contribution < 1.29 is 13.2 Å². The zero-order valence-electron chi connectivity index (χ0n) is 10.6. The van der Waals surface area contributed by atoms with Gasteiger partial charge in [-0.2, -0.15) is 0 Å². The predicted molar refractivity (Wildman–Crippen MR) is 72.5 cm³/mol. The maximum atomic E-state index is 14.2. The molecule has 104 valence electrons. The number of benzene rings is 1. The van der Waals surface area contributed by atoms with Gasteiger partial charge in [-0.1, -0.05) is 6.92 Å². The molecule has 1 N–H and O–H groups in total. The molecular formula is C14H11F3N2S. The molecule has 2 heterocycles. The second-order valence-electron chi connectivity index (χ2n) is 4.46. The summed E-state index contributed by atoms with van der Waals surface area (Å²) in [6, 6.07) is 1.86. The molecule has 0 amide bonds. The summed E-state index contributed by atoms with van der Waals surface area (Å²) in [7, 11) is 0. The summed E-state index contributed by atoms with van der Waals surface area (Å²) in [4.78, 5) is 6.94. The van der Waals surface area contributed by atoms with Crippen LogP contribution in [0.5, 0.6) is 0 Å². The second-order valence-corrected chi connectivity index (χ2v) is 5.54. The summed E-state index contributed by atoms with van der Waals surface area (Å²) < 4.78 is 41.9. The van der Waals surface area contributed by atoms with Crippen molar-refractivity contribution >= 4 is 21.6 Å². The number of halogens is 3. The molecule has 2 aromatic heterocycles. The van der Waals surface area contributed by atoms with Crippen LogP contribution in [0.25, 0.3) is 10.2 Å². The Morgan fingerprint density at radius 2 is 2.00 bits per heavy atom. The van der Waals surface area contributed by atoms with Crippen LogP contribution in [0.3, 0.4) is 0 Å². The molecule has 2 nitrogen and oxygen atoms in total. The second kappa shape index (κ2) is 4.94. The van der Waals surface area contributed by atoms with Gasteiger partial charge in [-0.15, -0.1) is 11.3 Å². The quantitative estimate of drug-likeness (QED) is 0.721. The number of fused-ring (bicyclic) bond motifs is 1. The lowest BCUT2D eigenvalue weighted by Crippen LogP contribution is -1.98. The minimum absolute atomic E-state index is 0.0892. The topological polar surface area (TPSA) is 28.7 Å². The number of hydrogen-bond acceptors (Lipinski definition) is 2. The van der Waals surface area contributed by atoms with Crippen LogP contribution < -0.4 is 0 Å². The first-order chi connectivity index (χ1) is 9.61. The molecule has 0 unspecified atom stereocenters. The van der Waals surface area contributed by atoms with Gasteiger partial charge < -0.3 is 4.98 Å². The highest BCUT2D eigenvalue weighted by Crippen LogP contribution is 2.32. The maximum absolute atomic E-state index is 14.2. The fourth-order valence-electron chi connectivity index (χ4n) is 2.16. The average Bonchev–Trinajstić information content (AvgIpc) is 3.07. The van der Waals surface area contributed by atoms with Gasteiger partial charge in [0.15, 0.2) is 11.6 Å². The normalized spacial score (nSPS) is 11.4. The Labute approximate surface area is 117 Å². The number of rotatable bonds is 3. The molecule has 0 radical (unpaired) electrons. The van der Waals surface area contributed by atoms with Crippen LogP contribution in [-0.2, 0) is 12.8 Å². The highest BCUT2D eigenvalue weighted by Gasteiger charge is 2.22. The number of hydrogen-bond donors (Lipinski definition) is 1. The Morgan fingerprint density at radius 3 is 2.65 bits per heavy atom. The molecule has 0 aliphatic carbocycles. The third kappa shape index (κ3) is 2.00. The van der Waals surface area contributed by atoms with Gasteiger partial charge in [-0.05, 0) is 18.1 Å². The Balaban J connectivity index is 2.15. The number of nitrogens with zero attached hydrogens (tertiary/aromatic N) is 1. The van der Waals surface area contributed by atoms with Crippen molar-refractivity contribution in [3.8, 4) is 0 Å². The fraction of sp³-hybridized carbons (Fsp3) is 0.214. The molecule has 20 heavy (non-hydrogen) atoms. The standard InChI is InChI=1S/C14H11F3N2S/c1-2-8-10(15)12(17)13-14(11(8)16)20-9(19-13)5-7-3-4-18-6-7/h3-4,6,18H,2,5H2,1H3. The first-order valence-corrected chi connectivity index (χ1v) is 6.99. The van der Waals surface area contributed by atoms with Crippen LogP contribution >= 0.6 is 11.3 Å². The summed E-state index contributed by atoms with van der Waals surface area (Å²) in [6.07, 6.45) is 4.12. The lowest BCUT2D eigenvalue weighted by molar-refractivity contribution is 0.491. The van der Waals surface area contributed by atoms with Crippen LogP contribution in [-0.4, -0.2) is 9.97 Å². The van der Waals surface area contributed by atoms with Crippen molar-refractivity contribution in [1.82, 2.24) is 9.97 Å². The highest BCUT2D eigenvalue weighted by atomic mass is 32.1. The molecule has 0 atom stereocenters. The third-order valence-corrected chi connectivity index (χ3v) is 4.22. The molecule has 0 aliphatic heterocycles. The fourth-order valence-corrected chi connectivity index (χ4v) is 3.22. The molecule has 0 spiro atoms. The number of H-pyrrole nitrogens is 1. The number of aromatic nitrogens is 2. The molecule has 1 aromatic carbocycles. The van der Waals surface area contributed by atoms with Crippen molar-refractivity contribution in [2.24, 2.45) is 0 Å². The smallest absolute Gasteiger partial charge is 0.186 e. The SMILES string of the molecule is CCc1c(F)c(F)c2nc(Cc3cc[nH]c3)sc2c1F. The Kier molecular flexibility index (Phi) is 3.25. The van der Waals surface area contributed by atoms with E-state index in [1.807, 2.05) is 6.07 Å². The molecule has 3 aromatic rings. The summed E-state index contributed by atoms with van der Waals surface area (Å²) in [6.45, 7) is 1.59. The summed E-state index contributed by atoms with van der Waals surface area (Å²) in [5.74, 6) is -2.88. The summed E-state index contributed by atoms with van der Waals surface area (Å²) in [5, 5.41) is 0.560. The van der Waals surface area contributed by atoms with Gasteiger partial charge in [0.25, 0.3) is 0 Å². The van der Waals surface area contributed by atoms with Crippen LogP contribution in [0, 0.1) is 17.5 Å². The lowest BCUT2D eigenvalue weighted by Gasteiger charge is -2.03. The van der Waals surface area contributed by atoms with E-state index >= 15 is 0 Å². The van der Waals surface area contributed by atoms with E-state index in [0.717, 1.165) is 16.9 Å². The van der Waals surface area contributed by atoms with Crippen molar-refractivity contribution in [3.63, 3.8) is 0 Å². The lowest BCUT2D eigenvalue weighted by atomic mass is 10.1.